The molecule has 1 aliphatic heterocycles. The molecule has 148 valence electrons. The summed E-state index contributed by atoms with van der Waals surface area (Å²) in [4.78, 5) is 18.9. The van der Waals surface area contributed by atoms with Crippen LogP contribution in [-0.2, 0) is 14.8 Å². The first-order valence-electron chi connectivity index (χ1n) is 9.08. The summed E-state index contributed by atoms with van der Waals surface area (Å²) in [5, 5.41) is 1.71. The van der Waals surface area contributed by atoms with Gasteiger partial charge in [-0.2, -0.15) is 4.31 Å². The molecule has 1 amide bonds. The minimum Gasteiger partial charge on any atom is -0.440 e. The van der Waals surface area contributed by atoms with Gasteiger partial charge in [-0.1, -0.05) is 18.2 Å². The number of likely N-dealkylation sites (tertiary alicyclic amines) is 1. The van der Waals surface area contributed by atoms with Gasteiger partial charge in [-0.3, -0.25) is 4.79 Å². The third kappa shape index (κ3) is 3.69. The average Bonchev–Trinajstić information content (AvgIpc) is 3.38. The Bertz CT molecular complexity index is 1030. The van der Waals surface area contributed by atoms with Crippen molar-refractivity contribution in [1.82, 2.24) is 14.2 Å². The fourth-order valence-corrected chi connectivity index (χ4v) is 5.70. The van der Waals surface area contributed by atoms with Gasteiger partial charge in [0.25, 0.3) is 10.0 Å². The van der Waals surface area contributed by atoms with Crippen molar-refractivity contribution in [3.63, 3.8) is 0 Å². The number of nitrogens with zero attached hydrogens (tertiary/aromatic N) is 3. The van der Waals surface area contributed by atoms with E-state index in [0.717, 1.165) is 39.6 Å². The van der Waals surface area contributed by atoms with Gasteiger partial charge in [-0.15, -0.1) is 11.3 Å². The van der Waals surface area contributed by atoms with Gasteiger partial charge in [-0.05, 0) is 36.4 Å². The third-order valence-corrected chi connectivity index (χ3v) is 8.20. The average molecular weight is 420 g/mol. The summed E-state index contributed by atoms with van der Waals surface area (Å²) in [7, 11) is -2.18. The zero-order valence-electron chi connectivity index (χ0n) is 15.4. The summed E-state index contributed by atoms with van der Waals surface area (Å²) in [5.41, 5.74) is 1.62. The molecular weight excluding hydrogens is 398 g/mol. The number of aromatic nitrogens is 1. The van der Waals surface area contributed by atoms with E-state index >= 15 is 0 Å². The quantitative estimate of drug-likeness (QED) is 0.635. The summed E-state index contributed by atoms with van der Waals surface area (Å²) < 4.78 is 32.2. The summed E-state index contributed by atoms with van der Waals surface area (Å²) in [6, 6.07) is 10.9. The van der Waals surface area contributed by atoms with E-state index in [9.17, 15) is 13.2 Å². The fourth-order valence-electron chi connectivity index (χ4n) is 3.38. The number of piperidine rings is 1. The van der Waals surface area contributed by atoms with Crippen molar-refractivity contribution in [2.24, 2.45) is 0 Å². The van der Waals surface area contributed by atoms with Crippen molar-refractivity contribution < 1.29 is 17.6 Å². The number of likely N-dealkylation sites (N-methyl/N-ethyl adjacent to an activating group) is 1. The molecule has 7 nitrogen and oxygen atoms in total. The number of sulfonamides is 1. The van der Waals surface area contributed by atoms with Crippen molar-refractivity contribution in [1.29, 1.82) is 0 Å². The van der Waals surface area contributed by atoms with Crippen LogP contribution in [0.1, 0.15) is 24.7 Å². The summed E-state index contributed by atoms with van der Waals surface area (Å²) >= 11 is 1.15. The molecule has 0 bridgehead atoms. The third-order valence-electron chi connectivity index (χ3n) is 5.02. The van der Waals surface area contributed by atoms with E-state index in [1.807, 2.05) is 24.3 Å². The number of thiophene rings is 1. The Labute approximate surface area is 167 Å². The smallest absolute Gasteiger partial charge is 0.252 e. The number of fused-ring (bicyclic) bond motifs is 1. The molecule has 3 heterocycles. The fraction of sp³-hybridized carbons (Fsp3) is 0.368. The minimum atomic E-state index is -3.62. The number of hydrogen-bond donors (Lipinski definition) is 0. The second-order valence-corrected chi connectivity index (χ2v) is 10.1. The van der Waals surface area contributed by atoms with Crippen LogP contribution in [-0.4, -0.2) is 55.2 Å². The van der Waals surface area contributed by atoms with Gasteiger partial charge in [0.15, 0.2) is 11.5 Å². The Hall–Kier alpha value is -2.23. The van der Waals surface area contributed by atoms with Crippen LogP contribution in [0.15, 0.2) is 50.4 Å². The number of carbonyl (C=O) groups excluding carboxylic acids is 1. The lowest BCUT2D eigenvalue weighted by Crippen LogP contribution is -2.44. The first-order chi connectivity index (χ1) is 13.4. The molecule has 0 aliphatic carbocycles. The first kappa shape index (κ1) is 19.1. The molecule has 0 radical (unpaired) electrons. The van der Waals surface area contributed by atoms with Gasteiger partial charge in [0.1, 0.15) is 9.73 Å². The number of carbonyl (C=O) groups is 1. The van der Waals surface area contributed by atoms with E-state index < -0.39 is 10.0 Å². The topological polar surface area (TPSA) is 83.7 Å². The molecule has 0 saturated carbocycles. The highest BCUT2D eigenvalue weighted by atomic mass is 32.2. The number of rotatable bonds is 5. The van der Waals surface area contributed by atoms with Crippen molar-refractivity contribution in [2.45, 2.75) is 23.0 Å². The molecule has 9 heteroatoms. The molecule has 0 unspecified atom stereocenters. The number of para-hydroxylation sites is 2. The lowest BCUT2D eigenvalue weighted by molar-refractivity contribution is -0.132. The molecule has 28 heavy (non-hydrogen) atoms. The van der Waals surface area contributed by atoms with Gasteiger partial charge in [0.2, 0.25) is 5.91 Å². The van der Waals surface area contributed by atoms with Crippen molar-refractivity contribution in [3.8, 4) is 0 Å². The summed E-state index contributed by atoms with van der Waals surface area (Å²) in [6.45, 7) is 0.970. The van der Waals surface area contributed by atoms with Crippen LogP contribution in [0.4, 0.5) is 0 Å². The number of benzene rings is 1. The maximum atomic E-state index is 12.6. The first-order valence-corrected chi connectivity index (χ1v) is 11.4. The Morgan fingerprint density at radius 1 is 1.25 bits per heavy atom. The molecule has 3 aromatic rings. The molecule has 2 aromatic heterocycles. The van der Waals surface area contributed by atoms with Crippen molar-refractivity contribution in [2.75, 3.05) is 26.7 Å². The molecule has 1 saturated heterocycles. The van der Waals surface area contributed by atoms with Crippen LogP contribution in [0.3, 0.4) is 0 Å². The van der Waals surface area contributed by atoms with E-state index in [4.69, 9.17) is 4.42 Å². The maximum absolute atomic E-state index is 12.6. The molecule has 4 rings (SSSR count). The predicted octanol–water partition coefficient (Wildman–Crippen LogP) is 2.92. The van der Waals surface area contributed by atoms with Gasteiger partial charge < -0.3 is 9.32 Å². The van der Waals surface area contributed by atoms with E-state index in [0.29, 0.717) is 19.0 Å². The summed E-state index contributed by atoms with van der Waals surface area (Å²) in [6.07, 6.45) is 1.50. The molecule has 0 N–H and O–H groups in total. The molecule has 1 fully saturated rings. The normalized spacial score (nSPS) is 16.1. The van der Waals surface area contributed by atoms with Crippen molar-refractivity contribution in [3.05, 3.63) is 47.7 Å². The van der Waals surface area contributed by atoms with E-state index in [1.54, 1.807) is 22.4 Å². The maximum Gasteiger partial charge on any atom is 0.252 e. The summed E-state index contributed by atoms with van der Waals surface area (Å²) in [5.74, 6) is 0.702. The molecule has 0 atom stereocenters. The highest BCUT2D eigenvalue weighted by molar-refractivity contribution is 7.91. The highest BCUT2D eigenvalue weighted by Gasteiger charge is 2.30. The minimum absolute atomic E-state index is 0.159. The van der Waals surface area contributed by atoms with Crippen LogP contribution in [0.5, 0.6) is 0 Å². The molecule has 1 aromatic carbocycles. The number of hydrogen-bond acceptors (Lipinski definition) is 6. The Morgan fingerprint density at radius 2 is 2.00 bits per heavy atom. The van der Waals surface area contributed by atoms with Gasteiger partial charge in [0, 0.05) is 26.1 Å². The molecule has 0 spiro atoms. The van der Waals surface area contributed by atoms with Crippen molar-refractivity contribution >= 4 is 38.4 Å². The van der Waals surface area contributed by atoms with Crippen LogP contribution in [0.2, 0.25) is 0 Å². The van der Waals surface area contributed by atoms with E-state index in [-0.39, 0.29) is 22.6 Å². The lowest BCUT2D eigenvalue weighted by atomic mass is 9.97. The number of oxazole rings is 1. The van der Waals surface area contributed by atoms with Crippen LogP contribution in [0.25, 0.3) is 11.1 Å². The molecule has 1 aliphatic rings. The van der Waals surface area contributed by atoms with Crippen LogP contribution in [0, 0.1) is 0 Å². The van der Waals surface area contributed by atoms with Crippen LogP contribution < -0.4 is 0 Å². The van der Waals surface area contributed by atoms with Crippen LogP contribution >= 0.6 is 11.3 Å². The van der Waals surface area contributed by atoms with E-state index in [1.165, 1.54) is 7.05 Å². The van der Waals surface area contributed by atoms with Gasteiger partial charge in [-0.25, -0.2) is 13.4 Å². The highest BCUT2D eigenvalue weighted by Crippen LogP contribution is 2.30. The Kier molecular flexibility index (Phi) is 5.22. The van der Waals surface area contributed by atoms with E-state index in [2.05, 4.69) is 4.98 Å². The monoisotopic (exact) mass is 419 g/mol. The Morgan fingerprint density at radius 3 is 2.68 bits per heavy atom. The number of amides is 1. The zero-order chi connectivity index (χ0) is 19.7. The largest absolute Gasteiger partial charge is 0.440 e. The molecular formula is C19H21N3O4S2. The van der Waals surface area contributed by atoms with Gasteiger partial charge >= 0.3 is 0 Å². The SMILES string of the molecule is CN(CC(=O)N1CCC(c2nc3ccccc3o2)CC1)S(=O)(=O)c1cccs1. The second-order valence-electron chi connectivity index (χ2n) is 6.87. The Balaban J connectivity index is 1.36. The second kappa shape index (κ2) is 7.65. The lowest BCUT2D eigenvalue weighted by Gasteiger charge is -2.31. The standard InChI is InChI=1S/C19H21N3O4S2/c1-21(28(24,25)18-7-4-12-27-18)13-17(23)22-10-8-14(9-11-22)19-20-15-5-2-3-6-16(15)26-19/h2-7,12,14H,8-11,13H2,1H3. The predicted molar refractivity (Wildman–Crippen MR) is 107 cm³/mol. The van der Waals surface area contributed by atoms with Gasteiger partial charge in [0.05, 0.1) is 6.54 Å². The zero-order valence-corrected chi connectivity index (χ0v) is 17.1.